The number of benzene rings is 1. The van der Waals surface area contributed by atoms with Crippen LogP contribution >= 0.6 is 0 Å². The molecular weight excluding hydrogens is 249 g/mol. The summed E-state index contributed by atoms with van der Waals surface area (Å²) in [5.41, 5.74) is 0.787. The molecule has 1 aromatic rings. The molecule has 1 N–H and O–H groups in total. The summed E-state index contributed by atoms with van der Waals surface area (Å²) in [5, 5.41) is 3.28. The highest BCUT2D eigenvalue weighted by Gasteiger charge is 2.18. The van der Waals surface area contributed by atoms with E-state index in [2.05, 4.69) is 5.32 Å². The van der Waals surface area contributed by atoms with E-state index in [1.54, 1.807) is 12.1 Å². The number of halogens is 1. The Balaban J connectivity index is 1.77. The molecule has 19 heavy (non-hydrogen) atoms. The molecule has 2 unspecified atom stereocenters. The van der Waals surface area contributed by atoms with E-state index in [-0.39, 0.29) is 23.8 Å². The van der Waals surface area contributed by atoms with Gasteiger partial charge < -0.3 is 19.5 Å². The van der Waals surface area contributed by atoms with Gasteiger partial charge >= 0.3 is 0 Å². The monoisotopic (exact) mass is 269 g/mol. The van der Waals surface area contributed by atoms with Gasteiger partial charge in [0, 0.05) is 13.1 Å². The van der Waals surface area contributed by atoms with Crippen LogP contribution in [0.4, 0.5) is 4.39 Å². The minimum absolute atomic E-state index is 0.0619. The van der Waals surface area contributed by atoms with Crippen LogP contribution in [0.15, 0.2) is 18.2 Å². The van der Waals surface area contributed by atoms with Crippen molar-refractivity contribution >= 4 is 0 Å². The molecule has 1 aliphatic heterocycles. The summed E-state index contributed by atoms with van der Waals surface area (Å²) in [5.74, 6) is -0.120. The molecule has 5 heteroatoms. The average Bonchev–Trinajstić information content (AvgIpc) is 2.39. The third-order valence-corrected chi connectivity index (χ3v) is 3.02. The molecule has 0 amide bonds. The molecule has 106 valence electrons. The number of nitrogens with one attached hydrogen (secondary N) is 1. The van der Waals surface area contributed by atoms with E-state index in [0.717, 1.165) is 18.7 Å². The van der Waals surface area contributed by atoms with Crippen LogP contribution in [-0.4, -0.2) is 39.0 Å². The fraction of sp³-hybridized carbons (Fsp3) is 0.571. The predicted octanol–water partition coefficient (Wildman–Crippen LogP) is 1.73. The zero-order chi connectivity index (χ0) is 13.7. The summed E-state index contributed by atoms with van der Waals surface area (Å²) >= 11 is 0. The lowest BCUT2D eigenvalue weighted by Crippen LogP contribution is -2.45. The topological polar surface area (TPSA) is 39.7 Å². The van der Waals surface area contributed by atoms with Crippen molar-refractivity contribution in [3.05, 3.63) is 29.6 Å². The van der Waals surface area contributed by atoms with E-state index in [1.165, 1.54) is 13.2 Å². The third-order valence-electron chi connectivity index (χ3n) is 3.02. The van der Waals surface area contributed by atoms with E-state index >= 15 is 0 Å². The fourth-order valence-electron chi connectivity index (χ4n) is 2.08. The van der Waals surface area contributed by atoms with E-state index in [4.69, 9.17) is 14.2 Å². The Morgan fingerprint density at radius 1 is 1.42 bits per heavy atom. The standard InChI is InChI=1S/C14H20FNO3/c1-10-6-16-7-12(19-10)9-18-8-11-3-4-14(17-2)13(15)5-11/h3-5,10,12,16H,6-9H2,1-2H3. The van der Waals surface area contributed by atoms with Crippen molar-refractivity contribution in [2.45, 2.75) is 25.7 Å². The number of rotatable bonds is 5. The Morgan fingerprint density at radius 2 is 2.26 bits per heavy atom. The van der Waals surface area contributed by atoms with Crippen LogP contribution in [-0.2, 0) is 16.1 Å². The van der Waals surface area contributed by atoms with Crippen molar-refractivity contribution in [3.63, 3.8) is 0 Å². The highest BCUT2D eigenvalue weighted by molar-refractivity contribution is 5.28. The van der Waals surface area contributed by atoms with E-state index in [9.17, 15) is 4.39 Å². The lowest BCUT2D eigenvalue weighted by Gasteiger charge is -2.28. The molecule has 0 bridgehead atoms. The molecular formula is C14H20FNO3. The van der Waals surface area contributed by atoms with E-state index in [1.807, 2.05) is 6.92 Å². The summed E-state index contributed by atoms with van der Waals surface area (Å²) in [7, 11) is 1.45. The summed E-state index contributed by atoms with van der Waals surface area (Å²) in [6.45, 7) is 4.57. The Bertz CT molecular complexity index is 414. The first-order valence-electron chi connectivity index (χ1n) is 6.45. The van der Waals surface area contributed by atoms with Crippen molar-refractivity contribution in [3.8, 4) is 5.75 Å². The summed E-state index contributed by atoms with van der Waals surface area (Å²) in [4.78, 5) is 0. The SMILES string of the molecule is COc1ccc(COCC2CNCC(C)O2)cc1F. The third kappa shape index (κ3) is 4.16. The van der Waals surface area contributed by atoms with Gasteiger partial charge in [0.05, 0.1) is 32.5 Å². The Labute approximate surface area is 112 Å². The van der Waals surface area contributed by atoms with Gasteiger partial charge in [0.15, 0.2) is 11.6 Å². The molecule has 4 nitrogen and oxygen atoms in total. The van der Waals surface area contributed by atoms with Gasteiger partial charge in [-0.1, -0.05) is 6.07 Å². The quantitative estimate of drug-likeness (QED) is 0.883. The Morgan fingerprint density at radius 3 is 2.95 bits per heavy atom. The number of methoxy groups -OCH3 is 1. The minimum atomic E-state index is -0.368. The Hall–Kier alpha value is -1.17. The first kappa shape index (κ1) is 14.2. The maximum absolute atomic E-state index is 13.5. The maximum atomic E-state index is 13.5. The summed E-state index contributed by atoms with van der Waals surface area (Å²) in [6.07, 6.45) is 0.271. The van der Waals surface area contributed by atoms with E-state index < -0.39 is 0 Å². The van der Waals surface area contributed by atoms with Crippen molar-refractivity contribution in [1.82, 2.24) is 5.32 Å². The molecule has 1 heterocycles. The largest absolute Gasteiger partial charge is 0.494 e. The molecule has 1 aromatic carbocycles. The Kier molecular flexibility index (Phi) is 5.13. The van der Waals surface area contributed by atoms with Crippen molar-refractivity contribution in [1.29, 1.82) is 0 Å². The molecule has 1 aliphatic rings. The molecule has 2 rings (SSSR count). The van der Waals surface area contributed by atoms with Crippen LogP contribution in [0, 0.1) is 5.82 Å². The van der Waals surface area contributed by atoms with Crippen LogP contribution < -0.4 is 10.1 Å². The molecule has 0 saturated carbocycles. The van der Waals surface area contributed by atoms with Gasteiger partial charge in [-0.2, -0.15) is 0 Å². The number of ether oxygens (including phenoxy) is 3. The molecule has 2 atom stereocenters. The highest BCUT2D eigenvalue weighted by Crippen LogP contribution is 2.18. The smallest absolute Gasteiger partial charge is 0.165 e. The molecule has 0 aliphatic carbocycles. The van der Waals surface area contributed by atoms with Gasteiger partial charge in [0.2, 0.25) is 0 Å². The molecule has 1 saturated heterocycles. The second kappa shape index (κ2) is 6.84. The van der Waals surface area contributed by atoms with Crippen LogP contribution in [0.2, 0.25) is 0 Å². The highest BCUT2D eigenvalue weighted by atomic mass is 19.1. The van der Waals surface area contributed by atoms with Crippen molar-refractivity contribution in [2.75, 3.05) is 26.8 Å². The second-order valence-electron chi connectivity index (χ2n) is 4.71. The molecule has 0 spiro atoms. The number of hydrogen-bond donors (Lipinski definition) is 1. The summed E-state index contributed by atoms with van der Waals surface area (Å²) < 4.78 is 29.6. The van der Waals surface area contributed by atoms with Gasteiger partial charge in [0.1, 0.15) is 0 Å². The average molecular weight is 269 g/mol. The number of morpholine rings is 1. The zero-order valence-corrected chi connectivity index (χ0v) is 11.3. The summed E-state index contributed by atoms with van der Waals surface area (Å²) in [6, 6.07) is 4.83. The molecule has 0 radical (unpaired) electrons. The molecule has 1 fully saturated rings. The van der Waals surface area contributed by atoms with Gasteiger partial charge in [-0.05, 0) is 24.6 Å². The lowest BCUT2D eigenvalue weighted by molar-refractivity contribution is -0.0716. The fourth-order valence-corrected chi connectivity index (χ4v) is 2.08. The van der Waals surface area contributed by atoms with Crippen molar-refractivity contribution in [2.24, 2.45) is 0 Å². The zero-order valence-electron chi connectivity index (χ0n) is 11.3. The van der Waals surface area contributed by atoms with Gasteiger partial charge in [0.25, 0.3) is 0 Å². The first-order chi connectivity index (χ1) is 9.19. The predicted molar refractivity (Wildman–Crippen MR) is 69.8 cm³/mol. The van der Waals surface area contributed by atoms with Crippen LogP contribution in [0.5, 0.6) is 5.75 Å². The minimum Gasteiger partial charge on any atom is -0.494 e. The van der Waals surface area contributed by atoms with Gasteiger partial charge in [-0.3, -0.25) is 0 Å². The maximum Gasteiger partial charge on any atom is 0.165 e. The lowest BCUT2D eigenvalue weighted by atomic mass is 10.2. The normalized spacial score (nSPS) is 23.3. The first-order valence-corrected chi connectivity index (χ1v) is 6.45. The van der Waals surface area contributed by atoms with Gasteiger partial charge in [-0.15, -0.1) is 0 Å². The van der Waals surface area contributed by atoms with Crippen molar-refractivity contribution < 1.29 is 18.6 Å². The molecule has 0 aromatic heterocycles. The van der Waals surface area contributed by atoms with Crippen LogP contribution in [0.1, 0.15) is 12.5 Å². The van der Waals surface area contributed by atoms with Crippen LogP contribution in [0.3, 0.4) is 0 Å². The van der Waals surface area contributed by atoms with Crippen LogP contribution in [0.25, 0.3) is 0 Å². The second-order valence-corrected chi connectivity index (χ2v) is 4.71. The van der Waals surface area contributed by atoms with Gasteiger partial charge in [-0.25, -0.2) is 4.39 Å². The van der Waals surface area contributed by atoms with E-state index in [0.29, 0.717) is 13.2 Å². The number of hydrogen-bond acceptors (Lipinski definition) is 4.